The van der Waals surface area contributed by atoms with Gasteiger partial charge >= 0.3 is 11.7 Å². The van der Waals surface area contributed by atoms with Crippen molar-refractivity contribution in [2.45, 2.75) is 6.92 Å². The predicted molar refractivity (Wildman–Crippen MR) is 70.2 cm³/mol. The molecule has 1 aromatic carbocycles. The van der Waals surface area contributed by atoms with Gasteiger partial charge in [-0.15, -0.1) is 0 Å². The molecule has 2 rings (SSSR count). The van der Waals surface area contributed by atoms with Crippen LogP contribution in [0.2, 0.25) is 0 Å². The minimum absolute atomic E-state index is 0.110. The molecular weight excluding hydrogens is 264 g/mol. The molecule has 0 saturated carbocycles. The van der Waals surface area contributed by atoms with E-state index in [0.29, 0.717) is 5.75 Å². The highest BCUT2D eigenvalue weighted by atomic mass is 16.5. The van der Waals surface area contributed by atoms with Gasteiger partial charge in [0.1, 0.15) is 5.75 Å². The second kappa shape index (κ2) is 5.87. The second-order valence-corrected chi connectivity index (χ2v) is 3.75. The molecule has 0 bridgehead atoms. The topological polar surface area (TPSA) is 101 Å². The molecule has 0 saturated heterocycles. The normalized spacial score (nSPS) is 10.1. The summed E-state index contributed by atoms with van der Waals surface area (Å²) in [7, 11) is 0. The van der Waals surface area contributed by atoms with Gasteiger partial charge < -0.3 is 9.47 Å². The minimum Gasteiger partial charge on any atom is -0.461 e. The summed E-state index contributed by atoms with van der Waals surface area (Å²) in [6, 6.07) is 8.41. The number of carbonyl (C=O) groups excluding carboxylic acids is 1. The van der Waals surface area contributed by atoms with E-state index in [9.17, 15) is 14.4 Å². The summed E-state index contributed by atoms with van der Waals surface area (Å²) in [6.07, 6.45) is 0. The fourth-order valence-electron chi connectivity index (χ4n) is 1.53. The number of hydrogen-bond donors (Lipinski definition) is 2. The first-order valence-corrected chi connectivity index (χ1v) is 5.88. The van der Waals surface area contributed by atoms with E-state index in [4.69, 9.17) is 9.47 Å². The first-order valence-electron chi connectivity index (χ1n) is 5.88. The first kappa shape index (κ1) is 13.6. The van der Waals surface area contributed by atoms with Crippen molar-refractivity contribution in [1.29, 1.82) is 0 Å². The number of aromatic amines is 2. The highest BCUT2D eigenvalue weighted by Crippen LogP contribution is 2.19. The van der Waals surface area contributed by atoms with E-state index in [1.165, 1.54) is 0 Å². The Kier molecular flexibility index (Phi) is 3.99. The molecule has 1 aromatic heterocycles. The maximum absolute atomic E-state index is 11.8. The molecule has 104 valence electrons. The summed E-state index contributed by atoms with van der Waals surface area (Å²) in [4.78, 5) is 39.0. The van der Waals surface area contributed by atoms with Crippen LogP contribution in [0.1, 0.15) is 17.4 Å². The van der Waals surface area contributed by atoms with Crippen LogP contribution in [-0.4, -0.2) is 22.5 Å². The third-order valence-electron chi connectivity index (χ3n) is 2.34. The van der Waals surface area contributed by atoms with Crippen molar-refractivity contribution in [2.24, 2.45) is 0 Å². The number of benzene rings is 1. The quantitative estimate of drug-likeness (QED) is 0.812. The standard InChI is InChI=1S/C13H12N2O5/c1-2-19-12(17)9-10(11(16)15-13(18)14-9)20-8-6-4-3-5-7-8/h3-7H,2H2,1H3,(H2,14,15,16,18). The number of H-pyrrole nitrogens is 2. The molecule has 0 amide bonds. The maximum Gasteiger partial charge on any atom is 0.359 e. The number of rotatable bonds is 4. The third-order valence-corrected chi connectivity index (χ3v) is 2.34. The van der Waals surface area contributed by atoms with Gasteiger partial charge in [-0.05, 0) is 19.1 Å². The van der Waals surface area contributed by atoms with E-state index >= 15 is 0 Å². The van der Waals surface area contributed by atoms with E-state index in [1.807, 2.05) is 4.98 Å². The predicted octanol–water partition coefficient (Wildman–Crippen LogP) is 1.03. The molecule has 7 nitrogen and oxygen atoms in total. The number of esters is 1. The highest BCUT2D eigenvalue weighted by molar-refractivity contribution is 5.90. The second-order valence-electron chi connectivity index (χ2n) is 3.75. The van der Waals surface area contributed by atoms with Crippen molar-refractivity contribution in [3.05, 3.63) is 56.9 Å². The van der Waals surface area contributed by atoms with E-state index in [1.54, 1.807) is 37.3 Å². The summed E-state index contributed by atoms with van der Waals surface area (Å²) in [5.74, 6) is -0.786. The Labute approximate surface area is 113 Å². The molecule has 0 unspecified atom stereocenters. The molecule has 0 fully saturated rings. The SMILES string of the molecule is CCOC(=O)c1[nH]c(=O)[nH]c(=O)c1Oc1ccccc1. The Balaban J connectivity index is 2.48. The Morgan fingerprint density at radius 2 is 1.85 bits per heavy atom. The molecule has 2 aromatic rings. The van der Waals surface area contributed by atoms with Gasteiger partial charge in [0.25, 0.3) is 5.56 Å². The van der Waals surface area contributed by atoms with Crippen LogP contribution in [0.3, 0.4) is 0 Å². The van der Waals surface area contributed by atoms with Gasteiger partial charge in [-0.1, -0.05) is 18.2 Å². The number of aromatic nitrogens is 2. The lowest BCUT2D eigenvalue weighted by molar-refractivity contribution is 0.0515. The molecular formula is C13H12N2O5. The molecule has 0 aliphatic rings. The van der Waals surface area contributed by atoms with Gasteiger partial charge in [0.05, 0.1) is 6.61 Å². The zero-order valence-electron chi connectivity index (χ0n) is 10.6. The highest BCUT2D eigenvalue weighted by Gasteiger charge is 2.19. The summed E-state index contributed by atoms with van der Waals surface area (Å²) >= 11 is 0. The number of ether oxygens (including phenoxy) is 2. The van der Waals surface area contributed by atoms with Crippen molar-refractivity contribution < 1.29 is 14.3 Å². The van der Waals surface area contributed by atoms with Gasteiger partial charge in [0.15, 0.2) is 5.69 Å². The average molecular weight is 276 g/mol. The molecule has 0 spiro atoms. The van der Waals surface area contributed by atoms with E-state index in [2.05, 4.69) is 4.98 Å². The van der Waals surface area contributed by atoms with Crippen molar-refractivity contribution >= 4 is 5.97 Å². The van der Waals surface area contributed by atoms with Gasteiger partial charge in [-0.25, -0.2) is 9.59 Å². The van der Waals surface area contributed by atoms with Crippen LogP contribution in [0.15, 0.2) is 39.9 Å². The van der Waals surface area contributed by atoms with Crippen LogP contribution in [0.25, 0.3) is 0 Å². The van der Waals surface area contributed by atoms with Crippen molar-refractivity contribution in [3.63, 3.8) is 0 Å². The lowest BCUT2D eigenvalue weighted by Crippen LogP contribution is -2.28. The number of nitrogens with one attached hydrogen (secondary N) is 2. The van der Waals surface area contributed by atoms with Gasteiger partial charge in [-0.3, -0.25) is 14.8 Å². The average Bonchev–Trinajstić information content (AvgIpc) is 2.43. The van der Waals surface area contributed by atoms with Crippen LogP contribution in [0.4, 0.5) is 0 Å². The van der Waals surface area contributed by atoms with Crippen molar-refractivity contribution in [2.75, 3.05) is 6.61 Å². The Bertz CT molecular complexity index is 718. The lowest BCUT2D eigenvalue weighted by Gasteiger charge is -2.08. The fourth-order valence-corrected chi connectivity index (χ4v) is 1.53. The van der Waals surface area contributed by atoms with E-state index in [0.717, 1.165) is 0 Å². The largest absolute Gasteiger partial charge is 0.461 e. The van der Waals surface area contributed by atoms with Crippen LogP contribution in [0.5, 0.6) is 11.5 Å². The number of carbonyl (C=O) groups is 1. The molecule has 20 heavy (non-hydrogen) atoms. The lowest BCUT2D eigenvalue weighted by atomic mass is 10.3. The maximum atomic E-state index is 11.8. The van der Waals surface area contributed by atoms with Gasteiger partial charge in [-0.2, -0.15) is 0 Å². The van der Waals surface area contributed by atoms with E-state index < -0.39 is 17.2 Å². The van der Waals surface area contributed by atoms with E-state index in [-0.39, 0.29) is 18.1 Å². The van der Waals surface area contributed by atoms with Crippen LogP contribution >= 0.6 is 0 Å². The van der Waals surface area contributed by atoms with Crippen LogP contribution in [-0.2, 0) is 4.74 Å². The summed E-state index contributed by atoms with van der Waals surface area (Å²) in [5.41, 5.74) is -1.93. The van der Waals surface area contributed by atoms with Crippen LogP contribution in [0, 0.1) is 0 Å². The Morgan fingerprint density at radius 1 is 1.15 bits per heavy atom. The Hall–Kier alpha value is -2.83. The summed E-state index contributed by atoms with van der Waals surface area (Å²) in [5, 5.41) is 0. The molecule has 0 atom stereocenters. The third kappa shape index (κ3) is 2.94. The minimum atomic E-state index is -0.832. The van der Waals surface area contributed by atoms with Crippen molar-refractivity contribution in [1.82, 2.24) is 9.97 Å². The number of hydrogen-bond acceptors (Lipinski definition) is 5. The van der Waals surface area contributed by atoms with Gasteiger partial charge in [0.2, 0.25) is 5.75 Å². The zero-order valence-corrected chi connectivity index (χ0v) is 10.6. The summed E-state index contributed by atoms with van der Waals surface area (Å²) in [6.45, 7) is 1.72. The molecule has 0 radical (unpaired) electrons. The molecule has 0 aliphatic carbocycles. The molecule has 1 heterocycles. The van der Waals surface area contributed by atoms with Crippen molar-refractivity contribution in [3.8, 4) is 11.5 Å². The summed E-state index contributed by atoms with van der Waals surface area (Å²) < 4.78 is 10.1. The molecule has 2 N–H and O–H groups in total. The number of para-hydroxylation sites is 1. The first-order chi connectivity index (χ1) is 9.61. The monoisotopic (exact) mass is 276 g/mol. The van der Waals surface area contributed by atoms with Gasteiger partial charge in [0, 0.05) is 0 Å². The Morgan fingerprint density at radius 3 is 2.50 bits per heavy atom. The molecule has 0 aliphatic heterocycles. The van der Waals surface area contributed by atoms with Crippen LogP contribution < -0.4 is 16.0 Å². The zero-order chi connectivity index (χ0) is 14.5. The fraction of sp³-hybridized carbons (Fsp3) is 0.154. The molecule has 7 heteroatoms. The smallest absolute Gasteiger partial charge is 0.359 e.